The van der Waals surface area contributed by atoms with Gasteiger partial charge in [-0.05, 0) is 25.3 Å². The molecule has 1 amide bonds. The second-order valence-electron chi connectivity index (χ2n) is 6.04. The zero-order valence-electron chi connectivity index (χ0n) is 13.7. The van der Waals surface area contributed by atoms with E-state index in [-0.39, 0.29) is 18.6 Å². The van der Waals surface area contributed by atoms with Gasteiger partial charge < -0.3 is 15.7 Å². The first-order chi connectivity index (χ1) is 11.7. The predicted octanol–water partition coefficient (Wildman–Crippen LogP) is 1.34. The van der Waals surface area contributed by atoms with Gasteiger partial charge in [-0.25, -0.2) is 9.97 Å². The molecule has 24 heavy (non-hydrogen) atoms. The maximum atomic E-state index is 12.1. The van der Waals surface area contributed by atoms with Crippen molar-refractivity contribution in [3.05, 3.63) is 53.0 Å². The summed E-state index contributed by atoms with van der Waals surface area (Å²) in [5.74, 6) is 1.15. The van der Waals surface area contributed by atoms with Gasteiger partial charge in [-0.15, -0.1) is 0 Å². The lowest BCUT2D eigenvalue weighted by molar-refractivity contribution is 0.0940. The molecule has 3 rings (SSSR count). The number of hydrogen-bond donors (Lipinski definition) is 3. The standard InChI is InChI=1S/C18H22N4O2/c1-12(11-23)20-17-14-9-10-19-18(24)16(14)21-15(22-17)8-7-13-5-3-2-4-6-13/h2-6,12,23H,7-11H2,1H3,(H,19,24)(H,20,21,22)/t12-/m1/s1. The van der Waals surface area contributed by atoms with Gasteiger partial charge >= 0.3 is 0 Å². The molecule has 1 aliphatic rings. The average Bonchev–Trinajstić information content (AvgIpc) is 2.61. The van der Waals surface area contributed by atoms with Crippen LogP contribution in [0.5, 0.6) is 0 Å². The molecule has 1 aliphatic heterocycles. The van der Waals surface area contributed by atoms with E-state index in [0.717, 1.165) is 12.0 Å². The van der Waals surface area contributed by atoms with Gasteiger partial charge in [-0.2, -0.15) is 0 Å². The van der Waals surface area contributed by atoms with Crippen LogP contribution in [0.1, 0.15) is 34.4 Å². The summed E-state index contributed by atoms with van der Waals surface area (Å²) in [4.78, 5) is 21.2. The van der Waals surface area contributed by atoms with Crippen LogP contribution in [0.25, 0.3) is 0 Å². The minimum atomic E-state index is -0.153. The number of hydrogen-bond acceptors (Lipinski definition) is 5. The van der Waals surface area contributed by atoms with E-state index in [1.165, 1.54) is 5.56 Å². The van der Waals surface area contributed by atoms with Gasteiger partial charge in [0.2, 0.25) is 0 Å². The first kappa shape index (κ1) is 16.4. The molecule has 2 aromatic rings. The summed E-state index contributed by atoms with van der Waals surface area (Å²) in [6.07, 6.45) is 2.17. The maximum absolute atomic E-state index is 12.1. The predicted molar refractivity (Wildman–Crippen MR) is 92.1 cm³/mol. The van der Waals surface area contributed by atoms with Crippen molar-refractivity contribution >= 4 is 11.7 Å². The summed E-state index contributed by atoms with van der Waals surface area (Å²) in [7, 11) is 0. The lowest BCUT2D eigenvalue weighted by Crippen LogP contribution is -2.35. The number of fused-ring (bicyclic) bond motifs is 1. The number of anilines is 1. The minimum Gasteiger partial charge on any atom is -0.394 e. The van der Waals surface area contributed by atoms with Crippen molar-refractivity contribution in [3.63, 3.8) is 0 Å². The van der Waals surface area contributed by atoms with Crippen LogP contribution < -0.4 is 10.6 Å². The first-order valence-corrected chi connectivity index (χ1v) is 8.26. The van der Waals surface area contributed by atoms with Gasteiger partial charge in [0.25, 0.3) is 5.91 Å². The Morgan fingerprint density at radius 1 is 1.25 bits per heavy atom. The normalized spacial score (nSPS) is 14.7. The Labute approximate surface area is 141 Å². The number of aromatic nitrogens is 2. The van der Waals surface area contributed by atoms with Gasteiger partial charge in [-0.3, -0.25) is 4.79 Å². The Hall–Kier alpha value is -2.47. The van der Waals surface area contributed by atoms with Crippen molar-refractivity contribution in [2.45, 2.75) is 32.2 Å². The molecule has 0 fully saturated rings. The van der Waals surface area contributed by atoms with Gasteiger partial charge in [-0.1, -0.05) is 30.3 Å². The Kier molecular flexibility index (Phi) is 5.05. The smallest absolute Gasteiger partial charge is 0.270 e. The highest BCUT2D eigenvalue weighted by atomic mass is 16.3. The molecular weight excluding hydrogens is 304 g/mol. The third-order valence-electron chi connectivity index (χ3n) is 4.07. The van der Waals surface area contributed by atoms with E-state index in [4.69, 9.17) is 0 Å². The number of carbonyl (C=O) groups is 1. The molecule has 6 heteroatoms. The second kappa shape index (κ2) is 7.40. The van der Waals surface area contributed by atoms with Crippen molar-refractivity contribution in [1.29, 1.82) is 0 Å². The van der Waals surface area contributed by atoms with Gasteiger partial charge in [0.15, 0.2) is 0 Å². The highest BCUT2D eigenvalue weighted by molar-refractivity contribution is 5.96. The molecule has 126 valence electrons. The fraction of sp³-hybridized carbons (Fsp3) is 0.389. The third-order valence-corrected chi connectivity index (χ3v) is 4.07. The Balaban J connectivity index is 1.87. The van der Waals surface area contributed by atoms with E-state index >= 15 is 0 Å². The Bertz CT molecular complexity index is 718. The molecule has 1 aromatic heterocycles. The highest BCUT2D eigenvalue weighted by Gasteiger charge is 2.24. The van der Waals surface area contributed by atoms with Crippen molar-refractivity contribution in [1.82, 2.24) is 15.3 Å². The molecule has 0 aliphatic carbocycles. The van der Waals surface area contributed by atoms with E-state index in [0.29, 0.717) is 36.7 Å². The Morgan fingerprint density at radius 2 is 2.04 bits per heavy atom. The molecule has 0 radical (unpaired) electrons. The van der Waals surface area contributed by atoms with Gasteiger partial charge in [0, 0.05) is 24.6 Å². The number of aliphatic hydroxyl groups excluding tert-OH is 1. The molecule has 0 saturated carbocycles. The number of amides is 1. The molecule has 2 heterocycles. The number of nitrogens with zero attached hydrogens (tertiary/aromatic N) is 2. The quantitative estimate of drug-likeness (QED) is 0.746. The van der Waals surface area contributed by atoms with E-state index in [1.54, 1.807) is 0 Å². The molecule has 0 bridgehead atoms. The average molecular weight is 326 g/mol. The van der Waals surface area contributed by atoms with Crippen LogP contribution in [-0.4, -0.2) is 40.2 Å². The van der Waals surface area contributed by atoms with E-state index in [9.17, 15) is 9.90 Å². The summed E-state index contributed by atoms with van der Waals surface area (Å²) < 4.78 is 0. The number of rotatable bonds is 6. The number of carbonyl (C=O) groups excluding carboxylic acids is 1. The maximum Gasteiger partial charge on any atom is 0.270 e. The van der Waals surface area contributed by atoms with E-state index < -0.39 is 0 Å². The van der Waals surface area contributed by atoms with Crippen LogP contribution >= 0.6 is 0 Å². The highest BCUT2D eigenvalue weighted by Crippen LogP contribution is 2.21. The molecule has 6 nitrogen and oxygen atoms in total. The van der Waals surface area contributed by atoms with Crippen LogP contribution in [0.4, 0.5) is 5.82 Å². The number of aliphatic hydroxyl groups is 1. The zero-order valence-corrected chi connectivity index (χ0v) is 13.7. The molecule has 3 N–H and O–H groups in total. The molecule has 1 atom stereocenters. The van der Waals surface area contributed by atoms with Crippen LogP contribution in [0, 0.1) is 0 Å². The van der Waals surface area contributed by atoms with Crippen LogP contribution in [-0.2, 0) is 19.3 Å². The molecular formula is C18H22N4O2. The van der Waals surface area contributed by atoms with Crippen LogP contribution in [0.15, 0.2) is 30.3 Å². The zero-order chi connectivity index (χ0) is 16.9. The van der Waals surface area contributed by atoms with Crippen LogP contribution in [0.2, 0.25) is 0 Å². The minimum absolute atomic E-state index is 0.00429. The lowest BCUT2D eigenvalue weighted by Gasteiger charge is -2.21. The topological polar surface area (TPSA) is 87.1 Å². The molecule has 0 spiro atoms. The summed E-state index contributed by atoms with van der Waals surface area (Å²) >= 11 is 0. The fourth-order valence-corrected chi connectivity index (χ4v) is 2.75. The van der Waals surface area contributed by atoms with Crippen molar-refractivity contribution in [2.24, 2.45) is 0 Å². The number of aryl methyl sites for hydroxylation is 2. The molecule has 0 saturated heterocycles. The van der Waals surface area contributed by atoms with Crippen LogP contribution in [0.3, 0.4) is 0 Å². The SMILES string of the molecule is C[C@H](CO)Nc1nc(CCc2ccccc2)nc2c1CCNC2=O. The van der Waals surface area contributed by atoms with Gasteiger partial charge in [0.05, 0.1) is 6.61 Å². The third kappa shape index (κ3) is 3.71. The summed E-state index contributed by atoms with van der Waals surface area (Å²) in [6.45, 7) is 2.46. The molecule has 1 aromatic carbocycles. The van der Waals surface area contributed by atoms with Crippen molar-refractivity contribution in [2.75, 3.05) is 18.5 Å². The monoisotopic (exact) mass is 326 g/mol. The largest absolute Gasteiger partial charge is 0.394 e. The first-order valence-electron chi connectivity index (χ1n) is 8.26. The van der Waals surface area contributed by atoms with Crippen molar-refractivity contribution in [3.8, 4) is 0 Å². The van der Waals surface area contributed by atoms with E-state index in [2.05, 4.69) is 32.7 Å². The summed E-state index contributed by atoms with van der Waals surface area (Å²) in [5, 5.41) is 15.3. The van der Waals surface area contributed by atoms with Gasteiger partial charge in [0.1, 0.15) is 17.3 Å². The fourth-order valence-electron chi connectivity index (χ4n) is 2.75. The summed E-state index contributed by atoms with van der Waals surface area (Å²) in [6, 6.07) is 10.0. The number of nitrogens with one attached hydrogen (secondary N) is 2. The molecule has 0 unspecified atom stereocenters. The number of benzene rings is 1. The van der Waals surface area contributed by atoms with Crippen molar-refractivity contribution < 1.29 is 9.90 Å². The van der Waals surface area contributed by atoms with E-state index in [1.807, 2.05) is 25.1 Å². The summed E-state index contributed by atoms with van der Waals surface area (Å²) in [5.41, 5.74) is 2.50. The Morgan fingerprint density at radius 3 is 2.79 bits per heavy atom. The lowest BCUT2D eigenvalue weighted by atomic mass is 10.0. The second-order valence-corrected chi connectivity index (χ2v) is 6.04.